The van der Waals surface area contributed by atoms with Gasteiger partial charge in [0, 0.05) is 6.07 Å². The molecule has 1 aromatic heterocycles. The maximum absolute atomic E-state index is 6.09. The number of nitrogens with zero attached hydrogens (tertiary/aromatic N) is 3. The molecule has 0 spiro atoms. The van der Waals surface area contributed by atoms with Gasteiger partial charge in [-0.3, -0.25) is 0 Å². The minimum atomic E-state index is 0.0324. The lowest BCUT2D eigenvalue weighted by atomic mass is 10.3. The normalized spacial score (nSPS) is 10.2. The first-order valence-corrected chi connectivity index (χ1v) is 6.53. The fraction of sp³-hybridized carbons (Fsp3) is 0.250. The van der Waals surface area contributed by atoms with E-state index in [1.54, 1.807) is 25.3 Å². The van der Waals surface area contributed by atoms with Gasteiger partial charge >= 0.3 is 6.01 Å². The zero-order valence-corrected chi connectivity index (χ0v) is 12.4. The van der Waals surface area contributed by atoms with Crippen molar-refractivity contribution in [3.05, 3.63) is 28.5 Å². The van der Waals surface area contributed by atoms with Crippen LogP contribution >= 0.6 is 23.2 Å². The summed E-state index contributed by atoms with van der Waals surface area (Å²) in [4.78, 5) is 11.9. The van der Waals surface area contributed by atoms with Gasteiger partial charge in [-0.25, -0.2) is 0 Å². The number of methoxy groups -OCH3 is 1. The van der Waals surface area contributed by atoms with Crippen LogP contribution in [0.1, 0.15) is 6.92 Å². The molecule has 0 aliphatic heterocycles. The van der Waals surface area contributed by atoms with E-state index in [2.05, 4.69) is 20.3 Å². The molecule has 1 N–H and O–H groups in total. The van der Waals surface area contributed by atoms with Crippen LogP contribution in [0, 0.1) is 0 Å². The molecule has 0 unspecified atom stereocenters. The van der Waals surface area contributed by atoms with Crippen molar-refractivity contribution in [2.45, 2.75) is 6.92 Å². The summed E-state index contributed by atoms with van der Waals surface area (Å²) in [5.74, 6) is 0.894. The topological polar surface area (TPSA) is 69.2 Å². The highest BCUT2D eigenvalue weighted by atomic mass is 35.5. The van der Waals surface area contributed by atoms with Crippen LogP contribution < -0.4 is 14.8 Å². The monoisotopic (exact) mass is 314 g/mol. The molecule has 2 aromatic rings. The van der Waals surface area contributed by atoms with Crippen LogP contribution in [-0.2, 0) is 0 Å². The van der Waals surface area contributed by atoms with Crippen LogP contribution in [0.3, 0.4) is 0 Å². The number of benzene rings is 1. The predicted octanol–water partition coefficient (Wildman–Crippen LogP) is 3.33. The van der Waals surface area contributed by atoms with Gasteiger partial charge in [-0.15, -0.1) is 0 Å². The lowest BCUT2D eigenvalue weighted by molar-refractivity contribution is 0.312. The number of halogens is 2. The van der Waals surface area contributed by atoms with Crippen molar-refractivity contribution in [3.63, 3.8) is 0 Å². The van der Waals surface area contributed by atoms with E-state index in [4.69, 9.17) is 32.7 Å². The van der Waals surface area contributed by atoms with Crippen molar-refractivity contribution >= 4 is 34.8 Å². The maximum Gasteiger partial charge on any atom is 0.322 e. The van der Waals surface area contributed by atoms with Crippen molar-refractivity contribution < 1.29 is 9.47 Å². The minimum absolute atomic E-state index is 0.0324. The number of aromatic nitrogens is 3. The Balaban J connectivity index is 2.29. The zero-order chi connectivity index (χ0) is 14.5. The summed E-state index contributed by atoms with van der Waals surface area (Å²) >= 11 is 11.9. The summed E-state index contributed by atoms with van der Waals surface area (Å²) in [6, 6.07) is 5.32. The largest absolute Gasteiger partial charge is 0.497 e. The quantitative estimate of drug-likeness (QED) is 0.913. The Morgan fingerprint density at radius 1 is 1.20 bits per heavy atom. The van der Waals surface area contributed by atoms with E-state index in [-0.39, 0.29) is 17.2 Å². The average molecular weight is 315 g/mol. The van der Waals surface area contributed by atoms with Crippen LogP contribution in [0.15, 0.2) is 18.2 Å². The molecule has 106 valence electrons. The van der Waals surface area contributed by atoms with Crippen LogP contribution in [0.2, 0.25) is 10.3 Å². The van der Waals surface area contributed by atoms with Crippen molar-refractivity contribution in [2.75, 3.05) is 19.0 Å². The molecule has 0 aliphatic rings. The summed E-state index contributed by atoms with van der Waals surface area (Å²) in [6.07, 6.45) is 0. The van der Waals surface area contributed by atoms with E-state index in [1.807, 2.05) is 6.92 Å². The second-order valence-electron chi connectivity index (χ2n) is 3.61. The van der Waals surface area contributed by atoms with Crippen LogP contribution in [0.5, 0.6) is 11.8 Å². The van der Waals surface area contributed by atoms with Crippen molar-refractivity contribution in [3.8, 4) is 11.8 Å². The lowest BCUT2D eigenvalue weighted by Crippen LogP contribution is -2.04. The first-order chi connectivity index (χ1) is 9.62. The Hall–Kier alpha value is -1.79. The third-order valence-corrected chi connectivity index (χ3v) is 2.78. The molecule has 8 heteroatoms. The van der Waals surface area contributed by atoms with E-state index in [1.165, 1.54) is 0 Å². The first-order valence-electron chi connectivity index (χ1n) is 5.77. The van der Waals surface area contributed by atoms with Crippen molar-refractivity contribution in [1.82, 2.24) is 15.0 Å². The van der Waals surface area contributed by atoms with E-state index >= 15 is 0 Å². The second-order valence-corrected chi connectivity index (χ2v) is 4.36. The van der Waals surface area contributed by atoms with Gasteiger partial charge in [-0.2, -0.15) is 15.0 Å². The molecule has 0 radical (unpaired) electrons. The van der Waals surface area contributed by atoms with E-state index in [0.29, 0.717) is 23.1 Å². The van der Waals surface area contributed by atoms with Gasteiger partial charge in [0.2, 0.25) is 11.2 Å². The summed E-state index contributed by atoms with van der Waals surface area (Å²) in [7, 11) is 1.57. The highest BCUT2D eigenvalue weighted by Crippen LogP contribution is 2.28. The molecule has 0 saturated heterocycles. The van der Waals surface area contributed by atoms with E-state index in [0.717, 1.165) is 0 Å². The third kappa shape index (κ3) is 3.61. The number of hydrogen-bond donors (Lipinski definition) is 1. The second kappa shape index (κ2) is 6.58. The molecule has 0 amide bonds. The molecule has 0 fully saturated rings. The highest BCUT2D eigenvalue weighted by molar-refractivity contribution is 6.33. The molecule has 1 aromatic carbocycles. The number of rotatable bonds is 5. The molecule has 20 heavy (non-hydrogen) atoms. The fourth-order valence-electron chi connectivity index (χ4n) is 1.43. The lowest BCUT2D eigenvalue weighted by Gasteiger charge is -2.09. The smallest absolute Gasteiger partial charge is 0.322 e. The summed E-state index contributed by atoms with van der Waals surface area (Å²) in [6.45, 7) is 2.25. The summed E-state index contributed by atoms with van der Waals surface area (Å²) < 4.78 is 10.3. The molecule has 0 saturated carbocycles. The van der Waals surface area contributed by atoms with Crippen LogP contribution in [0.25, 0.3) is 0 Å². The van der Waals surface area contributed by atoms with Gasteiger partial charge in [-0.05, 0) is 30.7 Å². The summed E-state index contributed by atoms with van der Waals surface area (Å²) in [5.41, 5.74) is 0.593. The molecule has 0 bridgehead atoms. The SMILES string of the molecule is CCOc1nc(Cl)nc(Nc2cc(OC)ccc2Cl)n1. The fourth-order valence-corrected chi connectivity index (χ4v) is 1.75. The average Bonchev–Trinajstić information content (AvgIpc) is 2.41. The Labute approximate surface area is 126 Å². The Morgan fingerprint density at radius 3 is 2.70 bits per heavy atom. The first kappa shape index (κ1) is 14.6. The third-order valence-electron chi connectivity index (χ3n) is 2.28. The van der Waals surface area contributed by atoms with Gasteiger partial charge in [0.25, 0.3) is 0 Å². The van der Waals surface area contributed by atoms with Gasteiger partial charge in [-0.1, -0.05) is 11.6 Å². The Morgan fingerprint density at radius 2 is 2.00 bits per heavy atom. The molecule has 0 atom stereocenters. The van der Waals surface area contributed by atoms with E-state index < -0.39 is 0 Å². The summed E-state index contributed by atoms with van der Waals surface area (Å²) in [5, 5.41) is 3.48. The standard InChI is InChI=1S/C12H12Cl2N4O2/c1-3-20-12-17-10(14)16-11(18-12)15-9-6-7(19-2)4-5-8(9)13/h4-6H,3H2,1-2H3,(H,15,16,17,18). The molecule has 2 rings (SSSR count). The predicted molar refractivity (Wildman–Crippen MR) is 77.3 cm³/mol. The van der Waals surface area contributed by atoms with Gasteiger partial charge in [0.05, 0.1) is 24.4 Å². The van der Waals surface area contributed by atoms with Gasteiger partial charge in [0.1, 0.15) is 5.75 Å². The maximum atomic E-state index is 6.09. The molecule has 6 nitrogen and oxygen atoms in total. The molecule has 0 aliphatic carbocycles. The number of anilines is 2. The number of ether oxygens (including phenoxy) is 2. The van der Waals surface area contributed by atoms with E-state index in [9.17, 15) is 0 Å². The van der Waals surface area contributed by atoms with Crippen LogP contribution in [-0.4, -0.2) is 28.7 Å². The van der Waals surface area contributed by atoms with Crippen LogP contribution in [0.4, 0.5) is 11.6 Å². The number of nitrogens with one attached hydrogen (secondary N) is 1. The molecular formula is C12H12Cl2N4O2. The zero-order valence-electron chi connectivity index (χ0n) is 10.9. The number of hydrogen-bond acceptors (Lipinski definition) is 6. The molecule has 1 heterocycles. The highest BCUT2D eigenvalue weighted by Gasteiger charge is 2.09. The van der Waals surface area contributed by atoms with Gasteiger partial charge < -0.3 is 14.8 Å². The van der Waals surface area contributed by atoms with Gasteiger partial charge in [0.15, 0.2) is 0 Å². The molecular weight excluding hydrogens is 303 g/mol. The Bertz CT molecular complexity index is 610. The van der Waals surface area contributed by atoms with Crippen molar-refractivity contribution in [2.24, 2.45) is 0 Å². The minimum Gasteiger partial charge on any atom is -0.497 e. The van der Waals surface area contributed by atoms with Crippen molar-refractivity contribution in [1.29, 1.82) is 0 Å². The Kier molecular flexibility index (Phi) is 4.81.